The number of carbonyl (C=O) groups excluding carboxylic acids is 1. The molecule has 96 valence electrons. The highest BCUT2D eigenvalue weighted by atomic mass is 16.1. The molecule has 0 saturated carbocycles. The zero-order valence-electron chi connectivity index (χ0n) is 10.9. The molecule has 0 aliphatic rings. The molecule has 0 N–H and O–H groups in total. The van der Waals surface area contributed by atoms with Gasteiger partial charge in [-0.1, -0.05) is 18.2 Å². The Morgan fingerprint density at radius 3 is 2.84 bits per heavy atom. The van der Waals surface area contributed by atoms with Gasteiger partial charge in [-0.05, 0) is 13.0 Å². The number of fused-ring (bicyclic) bond motifs is 1. The zero-order valence-corrected chi connectivity index (χ0v) is 10.9. The Labute approximate surface area is 110 Å². The molecule has 3 rings (SSSR count). The molecule has 0 atom stereocenters. The minimum atomic E-state index is -0.0866. The van der Waals surface area contributed by atoms with E-state index in [0.717, 1.165) is 17.4 Å². The molecule has 0 aliphatic heterocycles. The van der Waals surface area contributed by atoms with Gasteiger partial charge in [0.15, 0.2) is 0 Å². The van der Waals surface area contributed by atoms with Crippen molar-refractivity contribution in [3.8, 4) is 0 Å². The van der Waals surface area contributed by atoms with E-state index >= 15 is 0 Å². The van der Waals surface area contributed by atoms with Gasteiger partial charge in [0.2, 0.25) is 5.78 Å². The van der Waals surface area contributed by atoms with Crippen LogP contribution in [0.1, 0.15) is 23.0 Å². The number of aryl methyl sites for hydroxylation is 2. The monoisotopic (exact) mass is 254 g/mol. The minimum Gasteiger partial charge on any atom is -0.287 e. The van der Waals surface area contributed by atoms with Gasteiger partial charge in [-0.25, -0.2) is 0 Å². The molecular weight excluding hydrogens is 240 g/mol. The van der Waals surface area contributed by atoms with Gasteiger partial charge >= 0.3 is 0 Å². The number of para-hydroxylation sites is 1. The van der Waals surface area contributed by atoms with Crippen LogP contribution >= 0.6 is 0 Å². The molecule has 19 heavy (non-hydrogen) atoms. The van der Waals surface area contributed by atoms with E-state index < -0.39 is 0 Å². The molecule has 0 aliphatic carbocycles. The van der Waals surface area contributed by atoms with Gasteiger partial charge in [0.1, 0.15) is 5.69 Å². The van der Waals surface area contributed by atoms with Crippen molar-refractivity contribution in [1.29, 1.82) is 0 Å². The van der Waals surface area contributed by atoms with Crippen molar-refractivity contribution in [1.82, 2.24) is 19.6 Å². The smallest absolute Gasteiger partial charge is 0.217 e. The van der Waals surface area contributed by atoms with E-state index in [4.69, 9.17) is 0 Å². The number of aromatic nitrogens is 4. The Hall–Kier alpha value is -2.43. The highest BCUT2D eigenvalue weighted by Crippen LogP contribution is 2.20. The standard InChI is InChI=1S/C14H14N4O/c1-3-18-9-10(8-15-18)14(19)13-11-6-4-5-7-12(11)17(2)16-13/h4-9H,3H2,1-2H3. The maximum Gasteiger partial charge on any atom is 0.217 e. The highest BCUT2D eigenvalue weighted by Gasteiger charge is 2.18. The number of hydrogen-bond acceptors (Lipinski definition) is 3. The topological polar surface area (TPSA) is 52.7 Å². The molecule has 0 unspecified atom stereocenters. The molecule has 5 nitrogen and oxygen atoms in total. The number of benzene rings is 1. The Balaban J connectivity index is 2.11. The van der Waals surface area contributed by atoms with Gasteiger partial charge in [0.05, 0.1) is 17.3 Å². The van der Waals surface area contributed by atoms with E-state index in [-0.39, 0.29) is 5.78 Å². The van der Waals surface area contributed by atoms with Crippen molar-refractivity contribution >= 4 is 16.7 Å². The number of ketones is 1. The van der Waals surface area contributed by atoms with Gasteiger partial charge in [-0.3, -0.25) is 14.2 Å². The second kappa shape index (κ2) is 4.35. The predicted octanol–water partition coefficient (Wildman–Crippen LogP) is 2.02. The number of rotatable bonds is 3. The summed E-state index contributed by atoms with van der Waals surface area (Å²) in [6, 6.07) is 7.72. The fourth-order valence-corrected chi connectivity index (χ4v) is 2.17. The maximum absolute atomic E-state index is 12.5. The van der Waals surface area contributed by atoms with E-state index in [1.165, 1.54) is 0 Å². The van der Waals surface area contributed by atoms with E-state index in [2.05, 4.69) is 10.2 Å². The third kappa shape index (κ3) is 1.83. The Morgan fingerprint density at radius 2 is 2.11 bits per heavy atom. The molecule has 0 saturated heterocycles. The first kappa shape index (κ1) is 11.6. The summed E-state index contributed by atoms with van der Waals surface area (Å²) in [6.07, 6.45) is 3.35. The normalized spacial score (nSPS) is 11.1. The van der Waals surface area contributed by atoms with E-state index in [1.54, 1.807) is 21.8 Å². The summed E-state index contributed by atoms with van der Waals surface area (Å²) in [6.45, 7) is 2.73. The third-order valence-corrected chi connectivity index (χ3v) is 3.19. The summed E-state index contributed by atoms with van der Waals surface area (Å²) < 4.78 is 3.46. The molecule has 0 amide bonds. The van der Waals surface area contributed by atoms with Crippen LogP contribution in [-0.4, -0.2) is 25.3 Å². The SMILES string of the molecule is CCn1cc(C(=O)c2nn(C)c3ccccc23)cn1. The summed E-state index contributed by atoms with van der Waals surface area (Å²) in [5, 5.41) is 9.33. The first-order valence-corrected chi connectivity index (χ1v) is 6.19. The molecule has 2 aromatic heterocycles. The molecule has 0 radical (unpaired) electrons. The van der Waals surface area contributed by atoms with Crippen LogP contribution in [-0.2, 0) is 13.6 Å². The molecule has 0 fully saturated rings. The van der Waals surface area contributed by atoms with Crippen LogP contribution < -0.4 is 0 Å². The van der Waals surface area contributed by atoms with Gasteiger partial charge in [0.25, 0.3) is 0 Å². The van der Waals surface area contributed by atoms with Crippen molar-refractivity contribution in [2.45, 2.75) is 13.5 Å². The van der Waals surface area contributed by atoms with Crippen LogP contribution in [0.4, 0.5) is 0 Å². The van der Waals surface area contributed by atoms with Crippen molar-refractivity contribution < 1.29 is 4.79 Å². The molecule has 0 spiro atoms. The largest absolute Gasteiger partial charge is 0.287 e. The first-order chi connectivity index (χ1) is 9.20. The van der Waals surface area contributed by atoms with Crippen molar-refractivity contribution in [2.75, 3.05) is 0 Å². The number of hydrogen-bond donors (Lipinski definition) is 0. The lowest BCUT2D eigenvalue weighted by Gasteiger charge is -1.94. The summed E-state index contributed by atoms with van der Waals surface area (Å²) in [5.74, 6) is -0.0866. The molecule has 3 aromatic rings. The van der Waals surface area contributed by atoms with Gasteiger partial charge in [-0.15, -0.1) is 0 Å². The fourth-order valence-electron chi connectivity index (χ4n) is 2.17. The Bertz CT molecular complexity index is 754. The molecule has 2 heterocycles. The average Bonchev–Trinajstić information content (AvgIpc) is 3.04. The van der Waals surface area contributed by atoms with Crippen molar-refractivity contribution in [2.24, 2.45) is 7.05 Å². The van der Waals surface area contributed by atoms with Crippen molar-refractivity contribution in [3.05, 3.63) is 47.9 Å². The van der Waals surface area contributed by atoms with Crippen LogP contribution in [0.2, 0.25) is 0 Å². The quantitative estimate of drug-likeness (QED) is 0.672. The van der Waals surface area contributed by atoms with Gasteiger partial charge in [0, 0.05) is 25.2 Å². The van der Waals surface area contributed by atoms with Crippen LogP contribution in [0.5, 0.6) is 0 Å². The van der Waals surface area contributed by atoms with Gasteiger partial charge < -0.3 is 0 Å². The fraction of sp³-hybridized carbons (Fsp3) is 0.214. The second-order valence-electron chi connectivity index (χ2n) is 4.40. The van der Waals surface area contributed by atoms with Crippen LogP contribution in [0, 0.1) is 0 Å². The maximum atomic E-state index is 12.5. The molecule has 0 bridgehead atoms. The average molecular weight is 254 g/mol. The van der Waals surface area contributed by atoms with Crippen LogP contribution in [0.15, 0.2) is 36.7 Å². The van der Waals surface area contributed by atoms with E-state index in [9.17, 15) is 4.79 Å². The Morgan fingerprint density at radius 1 is 1.32 bits per heavy atom. The second-order valence-corrected chi connectivity index (χ2v) is 4.40. The number of carbonyl (C=O) groups is 1. The third-order valence-electron chi connectivity index (χ3n) is 3.19. The van der Waals surface area contributed by atoms with Crippen LogP contribution in [0.25, 0.3) is 10.9 Å². The molecule has 5 heteroatoms. The van der Waals surface area contributed by atoms with Crippen molar-refractivity contribution in [3.63, 3.8) is 0 Å². The lowest BCUT2D eigenvalue weighted by Crippen LogP contribution is -2.03. The highest BCUT2D eigenvalue weighted by molar-refractivity contribution is 6.14. The molecule has 1 aromatic carbocycles. The lowest BCUT2D eigenvalue weighted by atomic mass is 10.1. The lowest BCUT2D eigenvalue weighted by molar-refractivity contribution is 0.103. The summed E-state index contributed by atoms with van der Waals surface area (Å²) in [5.41, 5.74) is 2.01. The van der Waals surface area contributed by atoms with E-state index in [0.29, 0.717) is 11.3 Å². The van der Waals surface area contributed by atoms with Gasteiger partial charge in [-0.2, -0.15) is 10.2 Å². The minimum absolute atomic E-state index is 0.0866. The summed E-state index contributed by atoms with van der Waals surface area (Å²) in [7, 11) is 1.84. The first-order valence-electron chi connectivity index (χ1n) is 6.19. The number of nitrogens with zero attached hydrogens (tertiary/aromatic N) is 4. The van der Waals surface area contributed by atoms with Crippen LogP contribution in [0.3, 0.4) is 0 Å². The Kier molecular flexibility index (Phi) is 2.67. The summed E-state index contributed by atoms with van der Waals surface area (Å²) >= 11 is 0. The predicted molar refractivity (Wildman–Crippen MR) is 72.0 cm³/mol. The molecular formula is C14H14N4O. The van der Waals surface area contributed by atoms with E-state index in [1.807, 2.05) is 38.2 Å². The summed E-state index contributed by atoms with van der Waals surface area (Å²) in [4.78, 5) is 12.5. The zero-order chi connectivity index (χ0) is 13.4.